The van der Waals surface area contributed by atoms with Crippen molar-refractivity contribution in [3.05, 3.63) is 59.2 Å². The molecule has 2 aromatic carbocycles. The highest BCUT2D eigenvalue weighted by atomic mass is 16.5. The Balaban J connectivity index is 1.87. The minimum Gasteiger partial charge on any atom is -0.494 e. The van der Waals surface area contributed by atoms with Crippen LogP contribution in [0.4, 0.5) is 5.69 Å². The molecule has 0 saturated heterocycles. The Bertz CT molecular complexity index is 587. The fourth-order valence-electron chi connectivity index (χ4n) is 2.26. The van der Waals surface area contributed by atoms with Crippen LogP contribution in [-0.2, 0) is 6.54 Å². The molecule has 0 saturated carbocycles. The molecule has 0 spiro atoms. The summed E-state index contributed by atoms with van der Waals surface area (Å²) in [6.45, 7) is 10.3. The van der Waals surface area contributed by atoms with Gasteiger partial charge in [0.05, 0.1) is 6.61 Å². The van der Waals surface area contributed by atoms with Crippen molar-refractivity contribution >= 4 is 5.69 Å². The molecule has 0 radical (unpaired) electrons. The molecule has 0 aliphatic rings. The molecule has 0 bridgehead atoms. The number of hydrogen-bond acceptors (Lipinski definition) is 2. The predicted octanol–water partition coefficient (Wildman–Crippen LogP) is 5.34. The van der Waals surface area contributed by atoms with Gasteiger partial charge in [0.25, 0.3) is 0 Å². The molecule has 0 atom stereocenters. The van der Waals surface area contributed by atoms with E-state index in [4.69, 9.17) is 4.74 Å². The first-order valence-corrected chi connectivity index (χ1v) is 8.08. The monoisotopic (exact) mass is 297 g/mol. The zero-order chi connectivity index (χ0) is 15.9. The molecule has 22 heavy (non-hydrogen) atoms. The van der Waals surface area contributed by atoms with E-state index in [1.165, 1.54) is 22.4 Å². The van der Waals surface area contributed by atoms with Crippen LogP contribution < -0.4 is 10.1 Å². The molecule has 0 heterocycles. The molecule has 118 valence electrons. The topological polar surface area (TPSA) is 21.3 Å². The number of anilines is 1. The maximum atomic E-state index is 5.75. The van der Waals surface area contributed by atoms with Crippen LogP contribution >= 0.6 is 0 Å². The molecule has 0 amide bonds. The molecule has 2 aromatic rings. The number of ether oxygens (including phenoxy) is 1. The SMILES string of the molecule is Cc1cccc(NCc2ccc(OCCC(C)C)cc2)c1C. The normalized spacial score (nSPS) is 10.8. The van der Waals surface area contributed by atoms with Crippen LogP contribution in [0, 0.1) is 19.8 Å². The minimum atomic E-state index is 0.682. The van der Waals surface area contributed by atoms with E-state index in [2.05, 4.69) is 75.5 Å². The van der Waals surface area contributed by atoms with E-state index in [0.29, 0.717) is 5.92 Å². The Morgan fingerprint density at radius 3 is 2.41 bits per heavy atom. The van der Waals surface area contributed by atoms with Crippen molar-refractivity contribution in [3.8, 4) is 5.75 Å². The lowest BCUT2D eigenvalue weighted by molar-refractivity contribution is 0.289. The van der Waals surface area contributed by atoms with Crippen LogP contribution in [0.2, 0.25) is 0 Å². The lowest BCUT2D eigenvalue weighted by Gasteiger charge is -2.12. The van der Waals surface area contributed by atoms with Gasteiger partial charge in [0, 0.05) is 12.2 Å². The first-order chi connectivity index (χ1) is 10.6. The second kappa shape index (κ2) is 7.88. The third-order valence-corrected chi connectivity index (χ3v) is 3.97. The number of benzene rings is 2. The first kappa shape index (κ1) is 16.4. The summed E-state index contributed by atoms with van der Waals surface area (Å²) < 4.78 is 5.75. The summed E-state index contributed by atoms with van der Waals surface area (Å²) in [6, 6.07) is 14.7. The van der Waals surface area contributed by atoms with Crippen molar-refractivity contribution in [1.82, 2.24) is 0 Å². The van der Waals surface area contributed by atoms with Gasteiger partial charge >= 0.3 is 0 Å². The summed E-state index contributed by atoms with van der Waals surface area (Å²) in [7, 11) is 0. The van der Waals surface area contributed by atoms with Gasteiger partial charge in [-0.3, -0.25) is 0 Å². The van der Waals surface area contributed by atoms with Crippen molar-refractivity contribution in [2.75, 3.05) is 11.9 Å². The van der Waals surface area contributed by atoms with Gasteiger partial charge in [-0.25, -0.2) is 0 Å². The van der Waals surface area contributed by atoms with Crippen LogP contribution in [-0.4, -0.2) is 6.61 Å². The number of rotatable bonds is 7. The van der Waals surface area contributed by atoms with E-state index in [0.717, 1.165) is 25.3 Å². The van der Waals surface area contributed by atoms with E-state index >= 15 is 0 Å². The average molecular weight is 297 g/mol. The van der Waals surface area contributed by atoms with Gasteiger partial charge in [0.2, 0.25) is 0 Å². The van der Waals surface area contributed by atoms with Crippen LogP contribution in [0.25, 0.3) is 0 Å². The molecule has 0 unspecified atom stereocenters. The Labute approximate surface area is 134 Å². The molecule has 0 aromatic heterocycles. The lowest BCUT2D eigenvalue weighted by Crippen LogP contribution is -2.03. The molecule has 1 N–H and O–H groups in total. The second-order valence-corrected chi connectivity index (χ2v) is 6.28. The zero-order valence-corrected chi connectivity index (χ0v) is 14.1. The molecule has 2 nitrogen and oxygen atoms in total. The van der Waals surface area contributed by atoms with Crippen molar-refractivity contribution in [2.24, 2.45) is 5.92 Å². The number of aryl methyl sites for hydroxylation is 1. The van der Waals surface area contributed by atoms with E-state index in [1.807, 2.05) is 0 Å². The molecule has 0 aliphatic heterocycles. The maximum Gasteiger partial charge on any atom is 0.119 e. The fraction of sp³-hybridized carbons (Fsp3) is 0.400. The summed E-state index contributed by atoms with van der Waals surface area (Å²) in [6.07, 6.45) is 1.09. The molecule has 2 rings (SSSR count). The highest BCUT2D eigenvalue weighted by Crippen LogP contribution is 2.19. The largest absolute Gasteiger partial charge is 0.494 e. The third kappa shape index (κ3) is 4.80. The lowest BCUT2D eigenvalue weighted by atomic mass is 10.1. The fourth-order valence-corrected chi connectivity index (χ4v) is 2.26. The van der Waals surface area contributed by atoms with Gasteiger partial charge in [-0.05, 0) is 61.1 Å². The van der Waals surface area contributed by atoms with Crippen LogP contribution in [0.1, 0.15) is 37.0 Å². The minimum absolute atomic E-state index is 0.682. The van der Waals surface area contributed by atoms with Crippen molar-refractivity contribution in [1.29, 1.82) is 0 Å². The zero-order valence-electron chi connectivity index (χ0n) is 14.1. The smallest absolute Gasteiger partial charge is 0.119 e. The average Bonchev–Trinajstić information content (AvgIpc) is 2.50. The quantitative estimate of drug-likeness (QED) is 0.744. The molecular weight excluding hydrogens is 270 g/mol. The first-order valence-electron chi connectivity index (χ1n) is 8.08. The summed E-state index contributed by atoms with van der Waals surface area (Å²) in [5.41, 5.74) is 5.10. The second-order valence-electron chi connectivity index (χ2n) is 6.28. The summed E-state index contributed by atoms with van der Waals surface area (Å²) >= 11 is 0. The maximum absolute atomic E-state index is 5.75. The Kier molecular flexibility index (Phi) is 5.88. The highest BCUT2D eigenvalue weighted by molar-refractivity contribution is 5.53. The number of hydrogen-bond donors (Lipinski definition) is 1. The van der Waals surface area contributed by atoms with Gasteiger partial charge in [-0.2, -0.15) is 0 Å². The molecule has 0 aliphatic carbocycles. The summed E-state index contributed by atoms with van der Waals surface area (Å²) in [4.78, 5) is 0. The summed E-state index contributed by atoms with van der Waals surface area (Å²) in [5.74, 6) is 1.64. The molecular formula is C20H27NO. The number of nitrogens with one attached hydrogen (secondary N) is 1. The Morgan fingerprint density at radius 2 is 1.73 bits per heavy atom. The molecule has 0 fully saturated rings. The predicted molar refractivity (Wildman–Crippen MR) is 94.6 cm³/mol. The van der Waals surface area contributed by atoms with Crippen LogP contribution in [0.5, 0.6) is 5.75 Å². The van der Waals surface area contributed by atoms with E-state index in [1.54, 1.807) is 0 Å². The highest BCUT2D eigenvalue weighted by Gasteiger charge is 2.01. The van der Waals surface area contributed by atoms with Gasteiger partial charge in [-0.1, -0.05) is 38.1 Å². The molecule has 2 heteroatoms. The van der Waals surface area contributed by atoms with Gasteiger partial charge in [0.1, 0.15) is 5.75 Å². The standard InChI is InChI=1S/C20H27NO/c1-15(2)12-13-22-19-10-8-18(9-11-19)14-21-20-7-5-6-16(3)17(20)4/h5-11,15,21H,12-14H2,1-4H3. The van der Waals surface area contributed by atoms with Gasteiger partial charge < -0.3 is 10.1 Å². The van der Waals surface area contributed by atoms with E-state index < -0.39 is 0 Å². The van der Waals surface area contributed by atoms with Crippen molar-refractivity contribution < 1.29 is 4.74 Å². The van der Waals surface area contributed by atoms with Gasteiger partial charge in [-0.15, -0.1) is 0 Å². The van der Waals surface area contributed by atoms with Crippen LogP contribution in [0.15, 0.2) is 42.5 Å². The summed E-state index contributed by atoms with van der Waals surface area (Å²) in [5, 5.41) is 3.51. The van der Waals surface area contributed by atoms with E-state index in [-0.39, 0.29) is 0 Å². The van der Waals surface area contributed by atoms with Crippen molar-refractivity contribution in [3.63, 3.8) is 0 Å². The van der Waals surface area contributed by atoms with Crippen molar-refractivity contribution in [2.45, 2.75) is 40.7 Å². The van der Waals surface area contributed by atoms with Gasteiger partial charge in [0.15, 0.2) is 0 Å². The van der Waals surface area contributed by atoms with Crippen LogP contribution in [0.3, 0.4) is 0 Å². The Hall–Kier alpha value is -1.96. The Morgan fingerprint density at radius 1 is 1.00 bits per heavy atom. The third-order valence-electron chi connectivity index (χ3n) is 3.97. The van der Waals surface area contributed by atoms with E-state index in [9.17, 15) is 0 Å².